The summed E-state index contributed by atoms with van der Waals surface area (Å²) in [6.45, 7) is 18.1. The molecule has 18 nitrogen and oxygen atoms in total. The van der Waals surface area contributed by atoms with Gasteiger partial charge in [0, 0.05) is 50.4 Å². The molecule has 0 unspecified atom stereocenters. The third-order valence-electron chi connectivity index (χ3n) is 16.8. The molecule has 0 aliphatic heterocycles. The molecule has 0 fully saturated rings. The quantitative estimate of drug-likeness (QED) is 0.0865. The molecule has 0 amide bonds. The number of nitrogen functional groups attached to an aromatic ring is 3. The number of hydrogen-bond acceptors (Lipinski definition) is 15. The standard InChI is InChI=1S/C27H27N5O.2C25H22ClN5O/c1-16(2)32-27-24(26(28)29-15-30-27)25(31-32)21-8-7-20-13-23(10-9-19(20)12-21)33-14-22-11-17(3)5-6-18(22)4;1-15(2)31-25-22(24(27)28-14-29-25)23(30-31)19-7-6-18-12-21(9-8-17(18)11-19)32-13-16-4-3-5-20(26)10-16;1-15(2)31-25-22(24(27)28-14-29-25)23(30-31)18-8-7-17-12-20(10-9-16(17)11-18)32-13-19-5-3-4-6-21(19)26/h5-13,15-16H,14H2,1-4H3,(H2,28,29,30);2*3-12,14-15H,13H2,1-2H3,(H2,27,28,29). The summed E-state index contributed by atoms with van der Waals surface area (Å²) in [7, 11) is 0. The van der Waals surface area contributed by atoms with Gasteiger partial charge in [-0.1, -0.05) is 132 Å². The fourth-order valence-electron chi connectivity index (χ4n) is 11.7. The third kappa shape index (κ3) is 13.7. The number of hydrogen-bond donors (Lipinski definition) is 3. The molecule has 486 valence electrons. The average molecular weight is 1330 g/mol. The van der Waals surface area contributed by atoms with E-state index in [2.05, 4.69) is 158 Å². The van der Waals surface area contributed by atoms with E-state index >= 15 is 0 Å². The lowest BCUT2D eigenvalue weighted by Gasteiger charge is -2.11. The number of benzene rings is 9. The van der Waals surface area contributed by atoms with Crippen LogP contribution in [0, 0.1) is 13.8 Å². The SMILES string of the molecule is CC(C)n1nc(-c2ccc3cc(OCc4cccc(Cl)c4)ccc3c2)c2c(N)ncnc21.CC(C)n1nc(-c2ccc3cc(OCc4ccccc4Cl)ccc3c2)c2c(N)ncnc21.Cc1ccc(C)c(COc2ccc3cc(-c4nn(C(C)C)c5ncnc(N)c45)ccc3c2)c1. The molecule has 0 bridgehead atoms. The van der Waals surface area contributed by atoms with Crippen LogP contribution < -0.4 is 31.4 Å². The predicted octanol–water partition coefficient (Wildman–Crippen LogP) is 18.1. The molecule has 20 heteroatoms. The molecule has 0 saturated heterocycles. The Morgan fingerprint density at radius 1 is 0.381 bits per heavy atom. The van der Waals surface area contributed by atoms with Crippen LogP contribution in [0.5, 0.6) is 17.2 Å². The molecule has 0 aliphatic carbocycles. The second-order valence-electron chi connectivity index (χ2n) is 24.7. The molecule has 9 aromatic carbocycles. The molecule has 0 radical (unpaired) electrons. The van der Waals surface area contributed by atoms with Crippen molar-refractivity contribution in [3.63, 3.8) is 0 Å². The first-order chi connectivity index (χ1) is 46.9. The summed E-state index contributed by atoms with van der Waals surface area (Å²) >= 11 is 12.3. The molecule has 0 aliphatic rings. The van der Waals surface area contributed by atoms with Crippen molar-refractivity contribution in [1.82, 2.24) is 59.2 Å². The summed E-state index contributed by atoms with van der Waals surface area (Å²) in [6, 6.07) is 59.2. The van der Waals surface area contributed by atoms with E-state index in [1.54, 1.807) is 0 Å². The number of nitrogens with two attached hydrogens (primary N) is 3. The Bertz CT molecular complexity index is 5430. The molecule has 15 rings (SSSR count). The number of aryl methyl sites for hydroxylation is 2. The van der Waals surface area contributed by atoms with Gasteiger partial charge in [-0.05, 0) is 177 Å². The van der Waals surface area contributed by atoms with Crippen LogP contribution in [0.2, 0.25) is 10.0 Å². The highest BCUT2D eigenvalue weighted by atomic mass is 35.5. The molecule has 0 saturated carbocycles. The number of anilines is 3. The second-order valence-corrected chi connectivity index (χ2v) is 25.6. The van der Waals surface area contributed by atoms with Crippen molar-refractivity contribution < 1.29 is 14.2 Å². The van der Waals surface area contributed by atoms with Crippen molar-refractivity contribution in [1.29, 1.82) is 0 Å². The second kappa shape index (κ2) is 27.6. The Labute approximate surface area is 570 Å². The molecule has 15 aromatic rings. The molecule has 97 heavy (non-hydrogen) atoms. The van der Waals surface area contributed by atoms with Crippen LogP contribution in [0.1, 0.15) is 87.5 Å². The fourth-order valence-corrected chi connectivity index (χ4v) is 12.1. The van der Waals surface area contributed by atoms with Crippen molar-refractivity contribution in [2.45, 2.75) is 93.3 Å². The number of nitrogens with zero attached hydrogens (tertiary/aromatic N) is 12. The van der Waals surface area contributed by atoms with Crippen molar-refractivity contribution in [3.05, 3.63) is 233 Å². The van der Waals surface area contributed by atoms with Gasteiger partial charge in [-0.25, -0.2) is 43.9 Å². The lowest BCUT2D eigenvalue weighted by atomic mass is 10.0. The highest BCUT2D eigenvalue weighted by Gasteiger charge is 2.22. The summed E-state index contributed by atoms with van der Waals surface area (Å²) in [5.41, 5.74) is 31.8. The monoisotopic (exact) mass is 1320 g/mol. The summed E-state index contributed by atoms with van der Waals surface area (Å²) in [5.74, 6) is 3.75. The van der Waals surface area contributed by atoms with E-state index in [4.69, 9.17) is 69.9 Å². The van der Waals surface area contributed by atoms with Crippen LogP contribution in [-0.4, -0.2) is 59.2 Å². The molecule has 6 N–H and O–H groups in total. The Morgan fingerprint density at radius 2 is 0.773 bits per heavy atom. The van der Waals surface area contributed by atoms with Gasteiger partial charge in [-0.3, -0.25) is 0 Å². The maximum Gasteiger partial charge on any atom is 0.164 e. The van der Waals surface area contributed by atoms with Gasteiger partial charge in [0.25, 0.3) is 0 Å². The maximum atomic E-state index is 6.23. The van der Waals surface area contributed by atoms with E-state index in [0.29, 0.717) is 47.3 Å². The van der Waals surface area contributed by atoms with Crippen molar-refractivity contribution in [2.24, 2.45) is 0 Å². The number of rotatable bonds is 15. The highest BCUT2D eigenvalue weighted by molar-refractivity contribution is 6.31. The largest absolute Gasteiger partial charge is 0.489 e. The van der Waals surface area contributed by atoms with Crippen molar-refractivity contribution >= 4 is 106 Å². The average Bonchev–Trinajstić information content (AvgIpc) is 1.68. The minimum absolute atomic E-state index is 0.152. The summed E-state index contributed by atoms with van der Waals surface area (Å²) in [4.78, 5) is 25.8. The van der Waals surface area contributed by atoms with Crippen LogP contribution in [0.25, 0.3) is 99.2 Å². The Morgan fingerprint density at radius 3 is 1.19 bits per heavy atom. The van der Waals surface area contributed by atoms with Crippen molar-refractivity contribution in [3.8, 4) is 51.0 Å². The Hall–Kier alpha value is -11.2. The smallest absolute Gasteiger partial charge is 0.164 e. The summed E-state index contributed by atoms with van der Waals surface area (Å²) in [5, 5.41) is 24.7. The Kier molecular flexibility index (Phi) is 18.4. The molecule has 6 heterocycles. The molecule has 6 aromatic heterocycles. The fraction of sp³-hybridized carbons (Fsp3) is 0.182. The summed E-state index contributed by atoms with van der Waals surface area (Å²) in [6.07, 6.45) is 4.45. The zero-order chi connectivity index (χ0) is 67.6. The third-order valence-corrected chi connectivity index (χ3v) is 17.4. The van der Waals surface area contributed by atoms with E-state index in [1.807, 2.05) is 117 Å². The number of ether oxygens (including phenoxy) is 3. The lowest BCUT2D eigenvalue weighted by molar-refractivity contribution is 0.306. The normalized spacial score (nSPS) is 11.5. The van der Waals surface area contributed by atoms with E-state index in [0.717, 1.165) is 128 Å². The van der Waals surface area contributed by atoms with Gasteiger partial charge in [0.15, 0.2) is 16.9 Å². The van der Waals surface area contributed by atoms with Crippen LogP contribution in [-0.2, 0) is 19.8 Å². The molecule has 0 atom stereocenters. The van der Waals surface area contributed by atoms with Gasteiger partial charge in [0.05, 0.1) is 16.2 Å². The van der Waals surface area contributed by atoms with Crippen LogP contribution in [0.3, 0.4) is 0 Å². The summed E-state index contributed by atoms with van der Waals surface area (Å²) < 4.78 is 23.7. The zero-order valence-corrected chi connectivity index (χ0v) is 56.4. The number of fused-ring (bicyclic) bond motifs is 6. The lowest BCUT2D eigenvalue weighted by Crippen LogP contribution is -2.04. The van der Waals surface area contributed by atoms with E-state index in [-0.39, 0.29) is 18.1 Å². The molecular weight excluding hydrogens is 1250 g/mol. The van der Waals surface area contributed by atoms with E-state index in [1.165, 1.54) is 35.7 Å². The number of halogens is 2. The first-order valence-electron chi connectivity index (χ1n) is 31.9. The topological polar surface area (TPSA) is 237 Å². The predicted molar refractivity (Wildman–Crippen MR) is 391 cm³/mol. The minimum atomic E-state index is 0.152. The van der Waals surface area contributed by atoms with Gasteiger partial charge >= 0.3 is 0 Å². The van der Waals surface area contributed by atoms with Crippen LogP contribution in [0.4, 0.5) is 17.5 Å². The van der Waals surface area contributed by atoms with Gasteiger partial charge in [0.2, 0.25) is 0 Å². The first-order valence-corrected chi connectivity index (χ1v) is 32.7. The number of aromatic nitrogens is 12. The highest BCUT2D eigenvalue weighted by Crippen LogP contribution is 2.38. The minimum Gasteiger partial charge on any atom is -0.489 e. The van der Waals surface area contributed by atoms with Gasteiger partial charge in [-0.15, -0.1) is 0 Å². The van der Waals surface area contributed by atoms with Crippen molar-refractivity contribution in [2.75, 3.05) is 17.2 Å². The van der Waals surface area contributed by atoms with Gasteiger partial charge in [-0.2, -0.15) is 15.3 Å². The first kappa shape index (κ1) is 64.5. The van der Waals surface area contributed by atoms with E-state index in [9.17, 15) is 0 Å². The van der Waals surface area contributed by atoms with Crippen LogP contribution in [0.15, 0.2) is 195 Å². The van der Waals surface area contributed by atoms with E-state index < -0.39 is 0 Å². The Balaban J connectivity index is 0.000000131. The maximum absolute atomic E-state index is 6.23. The van der Waals surface area contributed by atoms with Gasteiger partial charge in [0.1, 0.15) is 90.6 Å². The van der Waals surface area contributed by atoms with Crippen LogP contribution >= 0.6 is 23.2 Å². The molecule has 0 spiro atoms. The zero-order valence-electron chi connectivity index (χ0n) is 54.9. The van der Waals surface area contributed by atoms with Gasteiger partial charge < -0.3 is 31.4 Å². The molecular formula is C77H71Cl2N15O3.